The fourth-order valence-electron chi connectivity index (χ4n) is 4.18. The third-order valence-electron chi connectivity index (χ3n) is 6.40. The normalized spacial score (nSPS) is 16.1. The largest absolute Gasteiger partial charge is 0.388 e. The van der Waals surface area contributed by atoms with E-state index in [-0.39, 0.29) is 23.5 Å². The van der Waals surface area contributed by atoms with Crippen LogP contribution in [0.15, 0.2) is 41.3 Å². The molecule has 4 rings (SSSR count). The molecule has 8 nitrogen and oxygen atoms in total. The fourth-order valence-corrected chi connectivity index (χ4v) is 4.18. The van der Waals surface area contributed by atoms with Gasteiger partial charge < -0.3 is 15.7 Å². The van der Waals surface area contributed by atoms with Crippen LogP contribution >= 0.6 is 0 Å². The Morgan fingerprint density at radius 2 is 1.88 bits per heavy atom. The number of nitrogens with one attached hydrogen (secondary N) is 2. The van der Waals surface area contributed by atoms with E-state index in [1.807, 2.05) is 18.7 Å². The molecular weight excluding hydrogens is 423 g/mol. The summed E-state index contributed by atoms with van der Waals surface area (Å²) < 4.78 is 17.3. The third kappa shape index (κ3) is 4.69. The minimum absolute atomic E-state index is 0.0614. The Bertz CT molecular complexity index is 1170. The molecule has 1 saturated heterocycles. The molecule has 3 aromatic rings. The summed E-state index contributed by atoms with van der Waals surface area (Å²) in [4.78, 5) is 22.7. The molecule has 3 heterocycles. The van der Waals surface area contributed by atoms with E-state index < -0.39 is 5.60 Å². The van der Waals surface area contributed by atoms with E-state index in [2.05, 4.69) is 20.6 Å². The molecule has 1 aliphatic heterocycles. The highest BCUT2D eigenvalue weighted by atomic mass is 19.1. The molecule has 0 spiro atoms. The van der Waals surface area contributed by atoms with Crippen LogP contribution in [0.3, 0.4) is 0 Å². The van der Waals surface area contributed by atoms with Crippen molar-refractivity contribution in [2.45, 2.75) is 51.3 Å². The van der Waals surface area contributed by atoms with E-state index in [1.54, 1.807) is 42.9 Å². The fraction of sp³-hybridized carbons (Fsp3) is 0.458. The molecule has 3 N–H and O–H groups in total. The standard InChI is InChI=1S/C24H31FN6O2/c1-15(24(2,3)33)28-23-27-14-11-19(29-23)21-20(16-5-7-17(25)8-6-16)22(32)31(30(21)4)18-9-12-26-13-10-18/h5-8,11,14-15,18,26,33H,9-10,12-13H2,1-4H3,(H,27,28,29)/t15-/m0/s1. The van der Waals surface area contributed by atoms with Gasteiger partial charge in [-0.05, 0) is 70.5 Å². The minimum atomic E-state index is -0.968. The zero-order valence-corrected chi connectivity index (χ0v) is 19.5. The van der Waals surface area contributed by atoms with Crippen LogP contribution in [0.25, 0.3) is 22.5 Å². The molecule has 176 valence electrons. The van der Waals surface area contributed by atoms with Crippen LogP contribution in [0, 0.1) is 5.82 Å². The Morgan fingerprint density at radius 3 is 2.52 bits per heavy atom. The maximum absolute atomic E-state index is 13.7. The Labute approximate surface area is 192 Å². The summed E-state index contributed by atoms with van der Waals surface area (Å²) in [6, 6.07) is 7.49. The van der Waals surface area contributed by atoms with Crippen molar-refractivity contribution in [1.82, 2.24) is 24.6 Å². The van der Waals surface area contributed by atoms with Crippen molar-refractivity contribution in [3.63, 3.8) is 0 Å². The average molecular weight is 455 g/mol. The Morgan fingerprint density at radius 1 is 1.21 bits per heavy atom. The van der Waals surface area contributed by atoms with Crippen LogP contribution in [0.1, 0.15) is 39.7 Å². The number of anilines is 1. The summed E-state index contributed by atoms with van der Waals surface area (Å²) in [5, 5.41) is 16.7. The highest BCUT2D eigenvalue weighted by molar-refractivity contribution is 5.79. The molecule has 0 saturated carbocycles. The van der Waals surface area contributed by atoms with Crippen LogP contribution in [0.5, 0.6) is 0 Å². The first-order chi connectivity index (χ1) is 15.7. The van der Waals surface area contributed by atoms with Crippen molar-refractivity contribution >= 4 is 5.95 Å². The molecule has 33 heavy (non-hydrogen) atoms. The Kier molecular flexibility index (Phi) is 6.36. The number of benzene rings is 1. The molecule has 1 atom stereocenters. The number of hydrogen-bond acceptors (Lipinski definition) is 6. The summed E-state index contributed by atoms with van der Waals surface area (Å²) in [7, 11) is 1.86. The number of aromatic nitrogens is 4. The van der Waals surface area contributed by atoms with Crippen LogP contribution in [0.4, 0.5) is 10.3 Å². The van der Waals surface area contributed by atoms with Crippen LogP contribution in [-0.2, 0) is 7.05 Å². The van der Waals surface area contributed by atoms with E-state index in [9.17, 15) is 14.3 Å². The van der Waals surface area contributed by atoms with E-state index in [0.717, 1.165) is 25.9 Å². The predicted octanol–water partition coefficient (Wildman–Crippen LogP) is 2.95. The molecule has 9 heteroatoms. The lowest BCUT2D eigenvalue weighted by molar-refractivity contribution is 0.0646. The molecular formula is C24H31FN6O2. The second-order valence-corrected chi connectivity index (χ2v) is 9.17. The second kappa shape index (κ2) is 9.07. The van der Waals surface area contributed by atoms with Gasteiger partial charge in [0.1, 0.15) is 5.82 Å². The number of hydrogen-bond donors (Lipinski definition) is 3. The second-order valence-electron chi connectivity index (χ2n) is 9.17. The zero-order chi connectivity index (χ0) is 23.8. The maximum Gasteiger partial charge on any atom is 0.275 e. The van der Waals surface area contributed by atoms with Gasteiger partial charge >= 0.3 is 0 Å². The van der Waals surface area contributed by atoms with E-state index in [1.165, 1.54) is 12.1 Å². The van der Waals surface area contributed by atoms with E-state index in [4.69, 9.17) is 0 Å². The molecule has 0 aliphatic carbocycles. The molecule has 1 aromatic carbocycles. The number of halogens is 1. The van der Waals surface area contributed by atoms with Gasteiger partial charge in [-0.15, -0.1) is 0 Å². The van der Waals surface area contributed by atoms with Crippen molar-refractivity contribution in [1.29, 1.82) is 0 Å². The zero-order valence-electron chi connectivity index (χ0n) is 19.5. The monoisotopic (exact) mass is 454 g/mol. The van der Waals surface area contributed by atoms with Gasteiger partial charge in [-0.1, -0.05) is 12.1 Å². The molecule has 1 fully saturated rings. The van der Waals surface area contributed by atoms with Gasteiger partial charge in [-0.25, -0.2) is 19.0 Å². The van der Waals surface area contributed by atoms with Crippen molar-refractivity contribution in [2.24, 2.45) is 7.05 Å². The average Bonchev–Trinajstić information content (AvgIpc) is 3.04. The van der Waals surface area contributed by atoms with Crippen molar-refractivity contribution < 1.29 is 9.50 Å². The number of rotatable bonds is 6. The summed E-state index contributed by atoms with van der Waals surface area (Å²) in [6.07, 6.45) is 3.32. The van der Waals surface area contributed by atoms with Gasteiger partial charge in [0, 0.05) is 13.2 Å². The molecule has 0 amide bonds. The minimum Gasteiger partial charge on any atom is -0.388 e. The first-order valence-electron chi connectivity index (χ1n) is 11.3. The van der Waals surface area contributed by atoms with Gasteiger partial charge in [-0.3, -0.25) is 9.48 Å². The molecule has 0 bridgehead atoms. The molecule has 1 aliphatic rings. The summed E-state index contributed by atoms with van der Waals surface area (Å²) in [5.74, 6) is -0.00159. The first-order valence-corrected chi connectivity index (χ1v) is 11.3. The molecule has 2 aromatic heterocycles. The van der Waals surface area contributed by atoms with Gasteiger partial charge in [0.2, 0.25) is 5.95 Å². The first kappa shape index (κ1) is 23.1. The lowest BCUT2D eigenvalue weighted by atomic mass is 10.0. The van der Waals surface area contributed by atoms with Gasteiger partial charge in [0.15, 0.2) is 0 Å². The van der Waals surface area contributed by atoms with Gasteiger partial charge in [0.25, 0.3) is 5.56 Å². The van der Waals surface area contributed by atoms with Gasteiger partial charge in [-0.2, -0.15) is 0 Å². The summed E-state index contributed by atoms with van der Waals surface area (Å²) in [5.41, 5.74) is 1.25. The predicted molar refractivity (Wildman–Crippen MR) is 127 cm³/mol. The van der Waals surface area contributed by atoms with Gasteiger partial charge in [0.05, 0.1) is 34.6 Å². The van der Waals surface area contributed by atoms with Crippen LogP contribution in [-0.4, -0.2) is 49.2 Å². The number of aliphatic hydroxyl groups is 1. The van der Waals surface area contributed by atoms with Crippen molar-refractivity contribution in [3.8, 4) is 22.5 Å². The highest BCUT2D eigenvalue weighted by Gasteiger charge is 2.28. The lowest BCUT2D eigenvalue weighted by Crippen LogP contribution is -2.39. The SMILES string of the molecule is C[C@H](Nc1nccc(-c2c(-c3ccc(F)cc3)c(=O)n(C3CCNCC3)n2C)n1)C(C)(C)O. The number of piperidine rings is 1. The van der Waals surface area contributed by atoms with Crippen molar-refractivity contribution in [3.05, 3.63) is 52.7 Å². The molecule has 0 unspecified atom stereocenters. The van der Waals surface area contributed by atoms with E-state index in [0.29, 0.717) is 28.5 Å². The topological polar surface area (TPSA) is 97.0 Å². The van der Waals surface area contributed by atoms with Crippen LogP contribution < -0.4 is 16.2 Å². The molecule has 0 radical (unpaired) electrons. The highest BCUT2D eigenvalue weighted by Crippen LogP contribution is 2.31. The van der Waals surface area contributed by atoms with Crippen molar-refractivity contribution in [2.75, 3.05) is 18.4 Å². The summed E-state index contributed by atoms with van der Waals surface area (Å²) >= 11 is 0. The Balaban J connectivity index is 1.86. The number of nitrogens with zero attached hydrogens (tertiary/aromatic N) is 4. The Hall–Kier alpha value is -3.04. The van der Waals surface area contributed by atoms with Crippen LogP contribution in [0.2, 0.25) is 0 Å². The maximum atomic E-state index is 13.7. The third-order valence-corrected chi connectivity index (χ3v) is 6.40. The summed E-state index contributed by atoms with van der Waals surface area (Å²) in [6.45, 7) is 6.97. The lowest BCUT2D eigenvalue weighted by Gasteiger charge is -2.26. The van der Waals surface area contributed by atoms with E-state index >= 15 is 0 Å². The smallest absolute Gasteiger partial charge is 0.275 e. The quantitative estimate of drug-likeness (QED) is 0.530.